The Morgan fingerprint density at radius 2 is 2.35 bits per heavy atom. The summed E-state index contributed by atoms with van der Waals surface area (Å²) < 4.78 is 4.87. The molecule has 1 amide bonds. The van der Waals surface area contributed by atoms with Gasteiger partial charge >= 0.3 is 0 Å². The Labute approximate surface area is 106 Å². The largest absolute Gasteiger partial charge is 0.383 e. The van der Waals surface area contributed by atoms with Crippen molar-refractivity contribution in [2.45, 2.75) is 19.8 Å². The van der Waals surface area contributed by atoms with E-state index in [4.69, 9.17) is 4.74 Å². The lowest BCUT2D eigenvalue weighted by Gasteiger charge is -2.03. The Kier molecular flexibility index (Phi) is 6.10. The summed E-state index contributed by atoms with van der Waals surface area (Å²) in [7, 11) is 1.63. The van der Waals surface area contributed by atoms with Crippen LogP contribution in [0.2, 0.25) is 0 Å². The van der Waals surface area contributed by atoms with Crippen LogP contribution in [0, 0.1) is 0 Å². The second-order valence-corrected chi connectivity index (χ2v) is 5.00. The van der Waals surface area contributed by atoms with Crippen molar-refractivity contribution in [2.75, 3.05) is 32.1 Å². The van der Waals surface area contributed by atoms with Gasteiger partial charge in [0.1, 0.15) is 0 Å². The molecular formula is C11H19N3O2S. The molecule has 96 valence electrons. The molecule has 6 heteroatoms. The minimum atomic E-state index is -0.0780. The van der Waals surface area contributed by atoms with E-state index in [1.807, 2.05) is 6.20 Å². The van der Waals surface area contributed by atoms with E-state index in [0.717, 1.165) is 0 Å². The number of carbonyl (C=O) groups is 1. The predicted molar refractivity (Wildman–Crippen MR) is 69.6 cm³/mol. The van der Waals surface area contributed by atoms with Gasteiger partial charge in [-0.3, -0.25) is 4.79 Å². The van der Waals surface area contributed by atoms with Crippen LogP contribution in [0.4, 0.5) is 5.13 Å². The van der Waals surface area contributed by atoms with Crippen LogP contribution < -0.4 is 10.6 Å². The maximum atomic E-state index is 11.5. The number of hydrogen-bond donors (Lipinski definition) is 2. The van der Waals surface area contributed by atoms with Crippen LogP contribution >= 0.6 is 11.3 Å². The van der Waals surface area contributed by atoms with E-state index in [9.17, 15) is 4.79 Å². The number of amides is 1. The lowest BCUT2D eigenvalue weighted by Crippen LogP contribution is -2.30. The van der Waals surface area contributed by atoms with E-state index in [-0.39, 0.29) is 12.5 Å². The maximum absolute atomic E-state index is 11.5. The van der Waals surface area contributed by atoms with Gasteiger partial charge in [0.15, 0.2) is 5.13 Å². The van der Waals surface area contributed by atoms with Crippen LogP contribution in [-0.4, -0.2) is 37.7 Å². The van der Waals surface area contributed by atoms with Gasteiger partial charge in [-0.05, 0) is 5.92 Å². The summed E-state index contributed by atoms with van der Waals surface area (Å²) in [4.78, 5) is 16.8. The minimum absolute atomic E-state index is 0.0780. The highest BCUT2D eigenvalue weighted by molar-refractivity contribution is 7.15. The molecule has 0 bridgehead atoms. The Hall–Kier alpha value is -0.980. The smallest absolute Gasteiger partial charge is 0.240 e. The summed E-state index contributed by atoms with van der Waals surface area (Å²) in [6.07, 6.45) is 1.81. The molecule has 1 rings (SSSR count). The fraction of sp³-hybridized carbons (Fsp3) is 0.636. The lowest BCUT2D eigenvalue weighted by molar-refractivity contribution is -0.115. The zero-order valence-corrected chi connectivity index (χ0v) is 11.3. The van der Waals surface area contributed by atoms with Crippen LogP contribution in [0.1, 0.15) is 24.6 Å². The number of carbonyl (C=O) groups excluding carboxylic acids is 1. The molecule has 1 aromatic heterocycles. The molecule has 0 fully saturated rings. The van der Waals surface area contributed by atoms with Gasteiger partial charge in [-0.25, -0.2) is 4.98 Å². The zero-order valence-electron chi connectivity index (χ0n) is 10.4. The monoisotopic (exact) mass is 257 g/mol. The standard InChI is InChI=1S/C11H19N3O2S/c1-8(2)9-6-13-11(17-9)14-10(15)7-12-4-5-16-3/h6,8,12H,4-5,7H2,1-3H3,(H,13,14,15). The van der Waals surface area contributed by atoms with Gasteiger partial charge in [0, 0.05) is 24.7 Å². The topological polar surface area (TPSA) is 63.2 Å². The van der Waals surface area contributed by atoms with Gasteiger partial charge in [0.05, 0.1) is 13.2 Å². The predicted octanol–water partition coefficient (Wildman–Crippen LogP) is 1.44. The van der Waals surface area contributed by atoms with E-state index < -0.39 is 0 Å². The second-order valence-electron chi connectivity index (χ2n) is 3.94. The van der Waals surface area contributed by atoms with Gasteiger partial charge in [0.2, 0.25) is 5.91 Å². The first kappa shape index (κ1) is 14.1. The molecule has 0 aliphatic heterocycles. The third kappa shape index (κ3) is 5.25. The highest BCUT2D eigenvalue weighted by Crippen LogP contribution is 2.24. The van der Waals surface area contributed by atoms with Crippen LogP contribution in [0.3, 0.4) is 0 Å². The SMILES string of the molecule is COCCNCC(=O)Nc1ncc(C(C)C)s1. The molecule has 0 atom stereocenters. The zero-order chi connectivity index (χ0) is 12.7. The van der Waals surface area contributed by atoms with E-state index in [1.165, 1.54) is 16.2 Å². The van der Waals surface area contributed by atoms with Crippen molar-refractivity contribution in [3.8, 4) is 0 Å². The average molecular weight is 257 g/mol. The molecule has 5 nitrogen and oxygen atoms in total. The van der Waals surface area contributed by atoms with Gasteiger partial charge < -0.3 is 15.4 Å². The molecule has 0 spiro atoms. The second kappa shape index (κ2) is 7.37. The van der Waals surface area contributed by atoms with Crippen LogP contribution in [0.15, 0.2) is 6.20 Å². The number of methoxy groups -OCH3 is 1. The van der Waals surface area contributed by atoms with Crippen molar-refractivity contribution < 1.29 is 9.53 Å². The summed E-state index contributed by atoms with van der Waals surface area (Å²) >= 11 is 1.52. The van der Waals surface area contributed by atoms with Crippen molar-refractivity contribution in [1.82, 2.24) is 10.3 Å². The number of anilines is 1. The molecule has 0 radical (unpaired) electrons. The number of nitrogens with zero attached hydrogens (tertiary/aromatic N) is 1. The summed E-state index contributed by atoms with van der Waals surface area (Å²) in [5, 5.41) is 6.39. The number of rotatable bonds is 7. The molecular weight excluding hydrogens is 238 g/mol. The van der Waals surface area contributed by atoms with E-state index in [0.29, 0.717) is 24.2 Å². The van der Waals surface area contributed by atoms with Gasteiger partial charge in [-0.1, -0.05) is 13.8 Å². The Morgan fingerprint density at radius 3 is 2.94 bits per heavy atom. The normalized spacial score (nSPS) is 10.8. The summed E-state index contributed by atoms with van der Waals surface area (Å²) in [5.74, 6) is 0.365. The van der Waals surface area contributed by atoms with Crippen molar-refractivity contribution in [3.63, 3.8) is 0 Å². The van der Waals surface area contributed by atoms with Crippen LogP contribution in [0.25, 0.3) is 0 Å². The lowest BCUT2D eigenvalue weighted by atomic mass is 10.2. The molecule has 0 aliphatic rings. The average Bonchev–Trinajstić information content (AvgIpc) is 2.73. The van der Waals surface area contributed by atoms with E-state index >= 15 is 0 Å². The fourth-order valence-electron chi connectivity index (χ4n) is 1.15. The number of thiazole rings is 1. The first-order valence-corrected chi connectivity index (χ1v) is 6.40. The minimum Gasteiger partial charge on any atom is -0.383 e. The first-order valence-electron chi connectivity index (χ1n) is 5.58. The number of aromatic nitrogens is 1. The first-order chi connectivity index (χ1) is 8.13. The molecule has 17 heavy (non-hydrogen) atoms. The van der Waals surface area contributed by atoms with Crippen molar-refractivity contribution in [3.05, 3.63) is 11.1 Å². The summed E-state index contributed by atoms with van der Waals surface area (Å²) in [6, 6.07) is 0. The van der Waals surface area contributed by atoms with Crippen LogP contribution in [-0.2, 0) is 9.53 Å². The number of ether oxygens (including phenoxy) is 1. The van der Waals surface area contributed by atoms with E-state index in [1.54, 1.807) is 7.11 Å². The molecule has 0 unspecified atom stereocenters. The fourth-order valence-corrected chi connectivity index (χ4v) is 1.99. The Morgan fingerprint density at radius 1 is 1.59 bits per heavy atom. The van der Waals surface area contributed by atoms with Gasteiger partial charge in [-0.2, -0.15) is 0 Å². The quantitative estimate of drug-likeness (QED) is 0.726. The highest BCUT2D eigenvalue weighted by Gasteiger charge is 2.08. The maximum Gasteiger partial charge on any atom is 0.240 e. The molecule has 1 aromatic rings. The van der Waals surface area contributed by atoms with Crippen molar-refractivity contribution >= 4 is 22.4 Å². The molecule has 2 N–H and O–H groups in total. The summed E-state index contributed by atoms with van der Waals surface area (Å²) in [5.41, 5.74) is 0. The molecule has 0 aromatic carbocycles. The molecule has 1 heterocycles. The summed E-state index contributed by atoms with van der Waals surface area (Å²) in [6.45, 7) is 5.75. The Bertz CT molecular complexity index is 352. The van der Waals surface area contributed by atoms with Gasteiger partial charge in [-0.15, -0.1) is 11.3 Å². The van der Waals surface area contributed by atoms with Crippen LogP contribution in [0.5, 0.6) is 0 Å². The highest BCUT2D eigenvalue weighted by atomic mass is 32.1. The third-order valence-electron chi connectivity index (χ3n) is 2.11. The number of nitrogens with one attached hydrogen (secondary N) is 2. The van der Waals surface area contributed by atoms with E-state index in [2.05, 4.69) is 29.5 Å². The molecule has 0 saturated heterocycles. The third-order valence-corrected chi connectivity index (χ3v) is 3.32. The Balaban J connectivity index is 2.29. The van der Waals surface area contributed by atoms with Gasteiger partial charge in [0.25, 0.3) is 0 Å². The molecule has 0 saturated carbocycles. The van der Waals surface area contributed by atoms with Crippen molar-refractivity contribution in [2.24, 2.45) is 0 Å². The van der Waals surface area contributed by atoms with Crippen molar-refractivity contribution in [1.29, 1.82) is 0 Å². The number of hydrogen-bond acceptors (Lipinski definition) is 5. The molecule has 0 aliphatic carbocycles.